The second-order valence-electron chi connectivity index (χ2n) is 9.57. The molecule has 9 nitrogen and oxygen atoms in total. The van der Waals surface area contributed by atoms with Gasteiger partial charge in [-0.3, -0.25) is 14.4 Å². The van der Waals surface area contributed by atoms with Crippen molar-refractivity contribution in [2.75, 3.05) is 13.7 Å². The minimum absolute atomic E-state index is 0.0190. The van der Waals surface area contributed by atoms with Gasteiger partial charge in [-0.2, -0.15) is 13.2 Å². The first-order valence-corrected chi connectivity index (χ1v) is 13.5. The van der Waals surface area contributed by atoms with E-state index in [2.05, 4.69) is 4.98 Å². The normalized spacial score (nSPS) is 12.1. The van der Waals surface area contributed by atoms with Crippen molar-refractivity contribution in [2.45, 2.75) is 44.8 Å². The number of H-pyrrole nitrogens is 1. The Morgan fingerprint density at radius 3 is 2.30 bits per heavy atom. The molecule has 0 spiro atoms. The molecule has 0 saturated carbocycles. The Balaban J connectivity index is 1.97. The number of rotatable bonds is 12. The summed E-state index contributed by atoms with van der Waals surface area (Å²) in [4.78, 5) is 53.8. The molecule has 2 aromatic carbocycles. The van der Waals surface area contributed by atoms with Gasteiger partial charge >= 0.3 is 12.1 Å². The maximum Gasteiger partial charge on any atom is 0.417 e. The molecule has 0 aliphatic carbocycles. The first-order valence-electron chi connectivity index (χ1n) is 13.5. The second-order valence-corrected chi connectivity index (χ2v) is 9.57. The molecule has 0 aliphatic heterocycles. The second kappa shape index (κ2) is 14.9. The van der Waals surface area contributed by atoms with Crippen LogP contribution in [0.25, 0.3) is 11.3 Å². The third-order valence-electron chi connectivity index (χ3n) is 6.52. The van der Waals surface area contributed by atoms with Gasteiger partial charge in [-0.25, -0.2) is 14.8 Å². The number of carbonyl (C=O) groups excluding carboxylic acids is 4. The molecule has 228 valence electrons. The van der Waals surface area contributed by atoms with Crippen LogP contribution in [0.5, 0.6) is 0 Å². The van der Waals surface area contributed by atoms with Gasteiger partial charge in [-0.05, 0) is 43.5 Å². The van der Waals surface area contributed by atoms with Crippen molar-refractivity contribution in [2.24, 2.45) is 5.73 Å². The summed E-state index contributed by atoms with van der Waals surface area (Å²) >= 11 is 0. The van der Waals surface area contributed by atoms with Crippen LogP contribution in [-0.2, 0) is 31.7 Å². The number of nitrogens with two attached hydrogens (primary N) is 1. The summed E-state index contributed by atoms with van der Waals surface area (Å²) in [5.41, 5.74) is 5.18. The van der Waals surface area contributed by atoms with E-state index in [4.69, 9.17) is 10.5 Å². The summed E-state index contributed by atoms with van der Waals surface area (Å²) in [5.74, 6) is -2.58. The van der Waals surface area contributed by atoms with Gasteiger partial charge in [0.2, 0.25) is 11.8 Å². The van der Waals surface area contributed by atoms with E-state index in [0.29, 0.717) is 6.42 Å². The number of amides is 3. The summed E-state index contributed by atoms with van der Waals surface area (Å²) in [6.07, 6.45) is -2.04. The summed E-state index contributed by atoms with van der Waals surface area (Å²) in [6.45, 7) is 1.74. The largest absolute Gasteiger partial charge is 0.463 e. The van der Waals surface area contributed by atoms with Crippen LogP contribution in [0.15, 0.2) is 78.9 Å². The number of esters is 1. The third kappa shape index (κ3) is 9.06. The minimum atomic E-state index is -4.62. The highest BCUT2D eigenvalue weighted by Crippen LogP contribution is 2.36. The standard InChI is InChI=1S/C31H33F3N4O5/c1-3-43-29(41)20-15-22(14-18-27(35)39)38(28(40)19-13-21-9-5-4-6-10-21)37(2)30(42)26-17-16-25(36-26)23-11-7-8-12-24(23)31(32,33)34/h4-12,15-17,20,22,36H,3,13-14,18-19H2,1-2H3,(H2,35,39)/t22-/m0/s1. The number of ether oxygens (including phenoxy) is 1. The van der Waals surface area contributed by atoms with Crippen LogP contribution in [0.2, 0.25) is 0 Å². The smallest absolute Gasteiger partial charge is 0.417 e. The van der Waals surface area contributed by atoms with E-state index in [1.54, 1.807) is 6.92 Å². The fourth-order valence-corrected chi connectivity index (χ4v) is 4.47. The number of nitrogens with zero attached hydrogens (tertiary/aromatic N) is 2. The van der Waals surface area contributed by atoms with Crippen LogP contribution in [0.4, 0.5) is 13.2 Å². The Kier molecular flexibility index (Phi) is 11.3. The highest BCUT2D eigenvalue weighted by Gasteiger charge is 2.34. The molecule has 0 aliphatic rings. The number of primary amides is 1. The lowest BCUT2D eigenvalue weighted by Crippen LogP contribution is -2.52. The Hall–Kier alpha value is -4.87. The number of aromatic amines is 1. The molecule has 0 fully saturated rings. The highest BCUT2D eigenvalue weighted by atomic mass is 19.4. The predicted molar refractivity (Wildman–Crippen MR) is 153 cm³/mol. The van der Waals surface area contributed by atoms with Crippen molar-refractivity contribution in [3.63, 3.8) is 0 Å². The third-order valence-corrected chi connectivity index (χ3v) is 6.52. The van der Waals surface area contributed by atoms with E-state index in [9.17, 15) is 32.3 Å². The van der Waals surface area contributed by atoms with Crippen molar-refractivity contribution < 1.29 is 37.1 Å². The van der Waals surface area contributed by atoms with E-state index in [0.717, 1.165) is 27.7 Å². The maximum atomic E-state index is 13.7. The molecular formula is C31H33F3N4O5. The van der Waals surface area contributed by atoms with Crippen LogP contribution < -0.4 is 5.73 Å². The Labute approximate surface area is 247 Å². The molecule has 3 aromatic rings. The fraction of sp³-hybridized carbons (Fsp3) is 0.290. The zero-order valence-electron chi connectivity index (χ0n) is 23.8. The summed E-state index contributed by atoms with van der Waals surface area (Å²) < 4.78 is 45.8. The van der Waals surface area contributed by atoms with Crippen molar-refractivity contribution >= 4 is 23.7 Å². The molecule has 1 aromatic heterocycles. The number of halogens is 3. The molecule has 3 rings (SSSR count). The average Bonchev–Trinajstić information content (AvgIpc) is 3.47. The lowest BCUT2D eigenvalue weighted by Gasteiger charge is -2.37. The zero-order valence-corrected chi connectivity index (χ0v) is 23.8. The molecule has 0 radical (unpaired) electrons. The first kappa shape index (κ1) is 32.6. The van der Waals surface area contributed by atoms with Crippen molar-refractivity contribution in [1.29, 1.82) is 0 Å². The zero-order chi connectivity index (χ0) is 31.6. The SMILES string of the molecule is CCOC(=O)C=C[C@H](CCC(N)=O)N(C(=O)CCc1ccccc1)N(C)C(=O)c1ccc(-c2ccccc2C(F)(F)F)[nH]1. The number of hydrogen-bond donors (Lipinski definition) is 2. The molecule has 1 atom stereocenters. The van der Waals surface area contributed by atoms with Gasteiger partial charge in [0.05, 0.1) is 18.2 Å². The van der Waals surface area contributed by atoms with E-state index in [1.807, 2.05) is 30.3 Å². The van der Waals surface area contributed by atoms with Gasteiger partial charge in [0.1, 0.15) is 5.69 Å². The number of hydrazine groups is 1. The molecular weight excluding hydrogens is 565 g/mol. The van der Waals surface area contributed by atoms with Crippen LogP contribution in [0.1, 0.15) is 47.8 Å². The highest BCUT2D eigenvalue weighted by molar-refractivity contribution is 5.95. The Bertz CT molecular complexity index is 1450. The molecule has 43 heavy (non-hydrogen) atoms. The topological polar surface area (TPSA) is 126 Å². The number of aromatic nitrogens is 1. The van der Waals surface area contributed by atoms with Gasteiger partial charge in [-0.1, -0.05) is 54.6 Å². The predicted octanol–water partition coefficient (Wildman–Crippen LogP) is 4.90. The Morgan fingerprint density at radius 1 is 0.977 bits per heavy atom. The fourth-order valence-electron chi connectivity index (χ4n) is 4.47. The van der Waals surface area contributed by atoms with Crippen LogP contribution >= 0.6 is 0 Å². The number of benzene rings is 2. The van der Waals surface area contributed by atoms with E-state index >= 15 is 0 Å². The number of aryl methyl sites for hydroxylation is 1. The molecule has 12 heteroatoms. The quantitative estimate of drug-likeness (QED) is 0.174. The van der Waals surface area contributed by atoms with Gasteiger partial charge in [0.25, 0.3) is 5.91 Å². The van der Waals surface area contributed by atoms with Crippen molar-refractivity contribution in [3.8, 4) is 11.3 Å². The summed E-state index contributed by atoms with van der Waals surface area (Å²) in [6, 6.07) is 15.8. The average molecular weight is 599 g/mol. The maximum absolute atomic E-state index is 13.7. The number of nitrogens with one attached hydrogen (secondary N) is 1. The lowest BCUT2D eigenvalue weighted by atomic mass is 10.0. The number of alkyl halides is 3. The van der Waals surface area contributed by atoms with Crippen molar-refractivity contribution in [1.82, 2.24) is 15.0 Å². The van der Waals surface area contributed by atoms with Gasteiger partial charge in [0.15, 0.2) is 0 Å². The van der Waals surface area contributed by atoms with E-state index < -0.39 is 41.5 Å². The molecule has 3 N–H and O–H groups in total. The van der Waals surface area contributed by atoms with Crippen LogP contribution in [0.3, 0.4) is 0 Å². The van der Waals surface area contributed by atoms with E-state index in [1.165, 1.54) is 43.5 Å². The molecule has 3 amide bonds. The first-order chi connectivity index (χ1) is 20.4. The van der Waals surface area contributed by atoms with Crippen molar-refractivity contribution in [3.05, 3.63) is 95.7 Å². The minimum Gasteiger partial charge on any atom is -0.463 e. The van der Waals surface area contributed by atoms with Crippen LogP contribution in [0, 0.1) is 0 Å². The van der Waals surface area contributed by atoms with Gasteiger partial charge < -0.3 is 15.5 Å². The molecule has 1 heterocycles. The van der Waals surface area contributed by atoms with Gasteiger partial charge in [0, 0.05) is 37.2 Å². The monoisotopic (exact) mass is 598 g/mol. The molecule has 0 unspecified atom stereocenters. The number of hydrogen-bond acceptors (Lipinski definition) is 5. The summed E-state index contributed by atoms with van der Waals surface area (Å²) in [5, 5.41) is 2.13. The molecule has 0 bridgehead atoms. The molecule has 0 saturated heterocycles. The number of carbonyl (C=O) groups is 4. The van der Waals surface area contributed by atoms with Gasteiger partial charge in [-0.15, -0.1) is 0 Å². The van der Waals surface area contributed by atoms with E-state index in [-0.39, 0.29) is 42.8 Å². The Morgan fingerprint density at radius 2 is 1.65 bits per heavy atom. The van der Waals surface area contributed by atoms with Crippen LogP contribution in [-0.4, -0.2) is 58.4 Å². The summed E-state index contributed by atoms with van der Waals surface area (Å²) in [7, 11) is 1.32. The lowest BCUT2D eigenvalue weighted by molar-refractivity contribution is -0.147.